The molecule has 0 saturated carbocycles. The summed E-state index contributed by atoms with van der Waals surface area (Å²) in [7, 11) is 6.04. The summed E-state index contributed by atoms with van der Waals surface area (Å²) in [6.45, 7) is 1.63. The van der Waals surface area contributed by atoms with E-state index in [1.54, 1.807) is 6.20 Å². The molecule has 2 radical (unpaired) electrons. The Morgan fingerprint density at radius 2 is 1.93 bits per heavy atom. The number of benzene rings is 1. The van der Waals surface area contributed by atoms with Crippen LogP contribution in [0.25, 0.3) is 0 Å². The fourth-order valence-corrected chi connectivity index (χ4v) is 6.55. The summed E-state index contributed by atoms with van der Waals surface area (Å²) in [5.74, 6) is 0.820. The number of nitrogens with zero attached hydrogens (tertiary/aromatic N) is 2. The number of likely N-dealkylation sites (tertiary alicyclic amines) is 1. The van der Waals surface area contributed by atoms with Crippen molar-refractivity contribution in [3.63, 3.8) is 0 Å². The number of fused-ring (bicyclic) bond motifs is 2. The van der Waals surface area contributed by atoms with Crippen LogP contribution in [0.2, 0.25) is 10.0 Å². The van der Waals surface area contributed by atoms with Gasteiger partial charge in [-0.2, -0.15) is 0 Å². The van der Waals surface area contributed by atoms with Crippen LogP contribution in [0, 0.1) is 5.92 Å². The van der Waals surface area contributed by atoms with Crippen molar-refractivity contribution in [2.75, 3.05) is 22.4 Å². The fraction of sp³-hybridized carbons (Fsp3) is 0.455. The number of hydrogen-bond acceptors (Lipinski definition) is 2. The van der Waals surface area contributed by atoms with E-state index in [1.807, 2.05) is 11.0 Å². The quantitative estimate of drug-likeness (QED) is 0.321. The Morgan fingerprint density at radius 3 is 2.66 bits per heavy atom. The molecule has 3 nitrogen and oxygen atoms in total. The summed E-state index contributed by atoms with van der Waals surface area (Å²) in [4.78, 5) is 21.3. The van der Waals surface area contributed by atoms with Crippen molar-refractivity contribution in [2.24, 2.45) is 5.92 Å². The SMILES string of the molecule is [B]c1cnc2c(c1)CCc1cc(Cl)cc(Cl)c1C2C1CCN(C(=O)C[I-]C)CC1. The first kappa shape index (κ1) is 21.4. The Kier molecular flexibility index (Phi) is 6.77. The van der Waals surface area contributed by atoms with E-state index in [0.717, 1.165) is 59.5 Å². The molecule has 1 aromatic heterocycles. The number of carbonyl (C=O) groups is 1. The molecule has 29 heavy (non-hydrogen) atoms. The zero-order chi connectivity index (χ0) is 20.5. The molecule has 2 heterocycles. The zero-order valence-electron chi connectivity index (χ0n) is 16.4. The molecule has 2 aromatic rings. The number of rotatable bonds is 3. The summed E-state index contributed by atoms with van der Waals surface area (Å²) in [6.07, 6.45) is 5.43. The molecule has 152 valence electrons. The molecular formula is C22H23BCl2IN2O-. The van der Waals surface area contributed by atoms with Crippen LogP contribution in [0.5, 0.6) is 0 Å². The van der Waals surface area contributed by atoms with Crippen molar-refractivity contribution in [1.29, 1.82) is 0 Å². The topological polar surface area (TPSA) is 33.2 Å². The molecular weight excluding hydrogens is 517 g/mol. The molecule has 0 spiro atoms. The first-order chi connectivity index (χ1) is 14.0. The van der Waals surface area contributed by atoms with Gasteiger partial charge in [-0.1, -0.05) is 0 Å². The molecule has 1 aliphatic carbocycles. The van der Waals surface area contributed by atoms with E-state index in [-0.39, 0.29) is 27.1 Å². The van der Waals surface area contributed by atoms with Gasteiger partial charge in [-0.3, -0.25) is 0 Å². The maximum absolute atomic E-state index is 12.4. The number of piperidine rings is 1. The molecule has 0 N–H and O–H groups in total. The number of amides is 1. The third kappa shape index (κ3) is 4.47. The van der Waals surface area contributed by atoms with Crippen LogP contribution in [-0.2, 0) is 17.6 Å². The zero-order valence-corrected chi connectivity index (χ0v) is 20.1. The van der Waals surface area contributed by atoms with Crippen LogP contribution < -0.4 is 26.7 Å². The third-order valence-electron chi connectivity index (χ3n) is 6.08. The standard InChI is InChI=1S/C22H23BCl2IN2O/c1-26-11-19(29)28-6-4-13(5-7-28)21-20-14(9-17(24)10-18(20)25)2-3-15-8-16(23)12-27-22(15)21/h8-10,12-13,21H,2-7,11H2,1H3/q-1. The second kappa shape index (κ2) is 9.15. The van der Waals surface area contributed by atoms with Gasteiger partial charge >= 0.3 is 195 Å². The number of pyridine rings is 1. The summed E-state index contributed by atoms with van der Waals surface area (Å²) < 4.78 is 0.740. The van der Waals surface area contributed by atoms with Crippen molar-refractivity contribution in [2.45, 2.75) is 31.6 Å². The van der Waals surface area contributed by atoms with Crippen LogP contribution >= 0.6 is 23.2 Å². The van der Waals surface area contributed by atoms with Gasteiger partial charge in [0.05, 0.1) is 0 Å². The monoisotopic (exact) mass is 539 g/mol. The van der Waals surface area contributed by atoms with E-state index in [9.17, 15) is 4.79 Å². The maximum atomic E-state index is 12.4. The third-order valence-corrected chi connectivity index (χ3v) is 8.03. The van der Waals surface area contributed by atoms with Crippen molar-refractivity contribution in [1.82, 2.24) is 9.88 Å². The van der Waals surface area contributed by atoms with Gasteiger partial charge in [0.15, 0.2) is 0 Å². The number of hydrogen-bond donors (Lipinski definition) is 0. The van der Waals surface area contributed by atoms with Gasteiger partial charge in [0.1, 0.15) is 0 Å². The summed E-state index contributed by atoms with van der Waals surface area (Å²) in [5.41, 5.74) is 5.36. The Balaban J connectivity index is 1.72. The second-order valence-electron chi connectivity index (χ2n) is 7.87. The average Bonchev–Trinajstić information content (AvgIpc) is 2.85. The van der Waals surface area contributed by atoms with E-state index in [2.05, 4.69) is 17.1 Å². The molecule has 0 bridgehead atoms. The summed E-state index contributed by atoms with van der Waals surface area (Å²) in [5, 5.41) is 1.40. The van der Waals surface area contributed by atoms with E-state index < -0.39 is 0 Å². The number of carbonyl (C=O) groups excluding carboxylic acids is 1. The molecule has 2 aliphatic rings. The van der Waals surface area contributed by atoms with Crippen molar-refractivity contribution in [3.05, 3.63) is 56.8 Å². The molecule has 1 aromatic carbocycles. The van der Waals surface area contributed by atoms with Gasteiger partial charge in [-0.05, 0) is 0 Å². The Labute approximate surface area is 194 Å². The van der Waals surface area contributed by atoms with Gasteiger partial charge in [-0.25, -0.2) is 0 Å². The molecule has 1 fully saturated rings. The average molecular weight is 540 g/mol. The van der Waals surface area contributed by atoms with Gasteiger partial charge in [0, 0.05) is 0 Å². The molecule has 1 unspecified atom stereocenters. The summed E-state index contributed by atoms with van der Waals surface area (Å²) in [6, 6.07) is 5.95. The van der Waals surface area contributed by atoms with Crippen LogP contribution in [-0.4, -0.2) is 46.1 Å². The number of aryl methyl sites for hydroxylation is 2. The van der Waals surface area contributed by atoms with Gasteiger partial charge in [-0.15, -0.1) is 0 Å². The van der Waals surface area contributed by atoms with Crippen LogP contribution in [0.15, 0.2) is 24.4 Å². The van der Waals surface area contributed by atoms with Gasteiger partial charge < -0.3 is 0 Å². The molecule has 1 saturated heterocycles. The van der Waals surface area contributed by atoms with Crippen molar-refractivity contribution >= 4 is 42.4 Å². The normalized spacial score (nSPS) is 19.6. The van der Waals surface area contributed by atoms with Crippen LogP contribution in [0.1, 0.15) is 41.1 Å². The Hall–Kier alpha value is -0.785. The first-order valence-electron chi connectivity index (χ1n) is 9.91. The molecule has 7 heteroatoms. The van der Waals surface area contributed by atoms with E-state index >= 15 is 0 Å². The summed E-state index contributed by atoms with van der Waals surface area (Å²) >= 11 is 13.1. The molecule has 1 atom stereocenters. The van der Waals surface area contributed by atoms with Gasteiger partial charge in [0.25, 0.3) is 0 Å². The van der Waals surface area contributed by atoms with Crippen molar-refractivity contribution in [3.8, 4) is 0 Å². The second-order valence-corrected chi connectivity index (χ2v) is 11.0. The van der Waals surface area contributed by atoms with Crippen LogP contribution in [0.4, 0.5) is 0 Å². The molecule has 1 aliphatic heterocycles. The van der Waals surface area contributed by atoms with Gasteiger partial charge in [0.2, 0.25) is 0 Å². The minimum atomic E-state index is -0.0119. The Bertz CT molecular complexity index is 931. The predicted molar refractivity (Wildman–Crippen MR) is 115 cm³/mol. The number of aromatic nitrogens is 1. The van der Waals surface area contributed by atoms with E-state index in [0.29, 0.717) is 22.3 Å². The van der Waals surface area contributed by atoms with E-state index in [1.165, 1.54) is 11.1 Å². The van der Waals surface area contributed by atoms with Crippen LogP contribution in [0.3, 0.4) is 0 Å². The Morgan fingerprint density at radius 1 is 1.21 bits per heavy atom. The van der Waals surface area contributed by atoms with E-state index in [4.69, 9.17) is 36.0 Å². The number of alkyl halides is 2. The minimum absolute atomic E-state index is 0.0119. The molecule has 1 amide bonds. The van der Waals surface area contributed by atoms with Crippen molar-refractivity contribution < 1.29 is 26.0 Å². The predicted octanol–water partition coefficient (Wildman–Crippen LogP) is 0.370. The first-order valence-corrected chi connectivity index (χ1v) is 14.4. The fourth-order valence-electron chi connectivity index (χ4n) is 4.76. The molecule has 4 rings (SSSR count). The number of halogens is 3.